The highest BCUT2D eigenvalue weighted by Crippen LogP contribution is 2.17. The summed E-state index contributed by atoms with van der Waals surface area (Å²) in [7, 11) is 0. The largest absolute Gasteiger partial charge is 0.0879 e. The van der Waals surface area contributed by atoms with Crippen molar-refractivity contribution in [2.45, 2.75) is 26.2 Å². The SMILES string of the molecule is C/C=C/C=C/C1C=CCCC1. The Hall–Kier alpha value is -0.780. The molecule has 0 radical (unpaired) electrons. The van der Waals surface area contributed by atoms with E-state index in [2.05, 4.69) is 36.5 Å². The van der Waals surface area contributed by atoms with E-state index in [9.17, 15) is 0 Å². The van der Waals surface area contributed by atoms with Crippen molar-refractivity contribution in [2.24, 2.45) is 5.92 Å². The molecule has 0 nitrogen and oxygen atoms in total. The Labute approximate surface area is 69.3 Å². The van der Waals surface area contributed by atoms with Gasteiger partial charge in [0.05, 0.1) is 0 Å². The first kappa shape index (κ1) is 8.32. The van der Waals surface area contributed by atoms with E-state index in [1.54, 1.807) is 0 Å². The Bertz CT molecular complexity index is 172. The molecule has 0 N–H and O–H groups in total. The number of rotatable bonds is 2. The lowest BCUT2D eigenvalue weighted by atomic mass is 9.96. The van der Waals surface area contributed by atoms with Crippen LogP contribution in [0.25, 0.3) is 0 Å². The molecule has 1 atom stereocenters. The molecule has 0 spiro atoms. The molecular weight excluding hydrogens is 132 g/mol. The minimum Gasteiger partial charge on any atom is -0.0879 e. The van der Waals surface area contributed by atoms with Crippen molar-refractivity contribution < 1.29 is 0 Å². The predicted octanol–water partition coefficient (Wildman–Crippen LogP) is 3.48. The van der Waals surface area contributed by atoms with Crippen molar-refractivity contribution in [1.29, 1.82) is 0 Å². The van der Waals surface area contributed by atoms with Gasteiger partial charge in [-0.1, -0.05) is 36.5 Å². The molecule has 0 saturated heterocycles. The first-order chi connectivity index (χ1) is 5.43. The second-order valence-electron chi connectivity index (χ2n) is 2.93. The van der Waals surface area contributed by atoms with Gasteiger partial charge in [0, 0.05) is 0 Å². The van der Waals surface area contributed by atoms with E-state index in [0.717, 1.165) is 0 Å². The molecule has 1 aliphatic carbocycles. The maximum Gasteiger partial charge on any atom is -0.00503 e. The maximum atomic E-state index is 2.31. The molecule has 0 fully saturated rings. The van der Waals surface area contributed by atoms with Gasteiger partial charge < -0.3 is 0 Å². The lowest BCUT2D eigenvalue weighted by molar-refractivity contribution is 0.631. The quantitative estimate of drug-likeness (QED) is 0.415. The van der Waals surface area contributed by atoms with Gasteiger partial charge in [-0.25, -0.2) is 0 Å². The summed E-state index contributed by atoms with van der Waals surface area (Å²) < 4.78 is 0. The second kappa shape index (κ2) is 4.95. The molecule has 60 valence electrons. The smallest absolute Gasteiger partial charge is 0.00503 e. The zero-order valence-electron chi connectivity index (χ0n) is 7.16. The van der Waals surface area contributed by atoms with E-state index in [1.807, 2.05) is 6.92 Å². The van der Waals surface area contributed by atoms with Gasteiger partial charge in [-0.2, -0.15) is 0 Å². The average molecular weight is 148 g/mol. The third-order valence-electron chi connectivity index (χ3n) is 1.95. The molecule has 0 heterocycles. The van der Waals surface area contributed by atoms with Crippen LogP contribution >= 0.6 is 0 Å². The van der Waals surface area contributed by atoms with Crippen LogP contribution in [0.2, 0.25) is 0 Å². The van der Waals surface area contributed by atoms with Gasteiger partial charge in [-0.05, 0) is 32.1 Å². The fourth-order valence-corrected chi connectivity index (χ4v) is 1.32. The predicted molar refractivity (Wildman–Crippen MR) is 50.4 cm³/mol. The highest BCUT2D eigenvalue weighted by atomic mass is 14.1. The normalized spacial score (nSPS) is 25.4. The summed E-state index contributed by atoms with van der Waals surface area (Å²) in [6.07, 6.45) is 17.1. The molecule has 11 heavy (non-hydrogen) atoms. The van der Waals surface area contributed by atoms with Crippen molar-refractivity contribution >= 4 is 0 Å². The van der Waals surface area contributed by atoms with Crippen molar-refractivity contribution in [1.82, 2.24) is 0 Å². The van der Waals surface area contributed by atoms with Crippen molar-refractivity contribution in [2.75, 3.05) is 0 Å². The Kier molecular flexibility index (Phi) is 3.74. The molecule has 0 amide bonds. The Balaban J connectivity index is 2.35. The van der Waals surface area contributed by atoms with Crippen LogP contribution in [-0.2, 0) is 0 Å². The van der Waals surface area contributed by atoms with Crippen LogP contribution in [0.5, 0.6) is 0 Å². The molecule has 1 aliphatic rings. The highest BCUT2D eigenvalue weighted by molar-refractivity contribution is 5.09. The van der Waals surface area contributed by atoms with Crippen molar-refractivity contribution in [3.8, 4) is 0 Å². The van der Waals surface area contributed by atoms with E-state index in [-0.39, 0.29) is 0 Å². The third-order valence-corrected chi connectivity index (χ3v) is 1.95. The van der Waals surface area contributed by atoms with E-state index in [1.165, 1.54) is 19.3 Å². The molecule has 0 bridgehead atoms. The Morgan fingerprint density at radius 3 is 2.91 bits per heavy atom. The summed E-state index contributed by atoms with van der Waals surface area (Å²) in [6.45, 7) is 2.04. The topological polar surface area (TPSA) is 0 Å². The number of allylic oxidation sites excluding steroid dienone is 6. The van der Waals surface area contributed by atoms with Crippen LogP contribution in [0.4, 0.5) is 0 Å². The second-order valence-corrected chi connectivity index (χ2v) is 2.93. The molecule has 0 saturated carbocycles. The molecule has 0 aliphatic heterocycles. The zero-order valence-corrected chi connectivity index (χ0v) is 7.16. The van der Waals surface area contributed by atoms with Gasteiger partial charge in [-0.15, -0.1) is 0 Å². The third kappa shape index (κ3) is 3.22. The summed E-state index contributed by atoms with van der Waals surface area (Å²) in [6, 6.07) is 0. The van der Waals surface area contributed by atoms with E-state index >= 15 is 0 Å². The van der Waals surface area contributed by atoms with Crippen LogP contribution in [0.15, 0.2) is 36.5 Å². The zero-order chi connectivity index (χ0) is 7.94. The van der Waals surface area contributed by atoms with Crippen LogP contribution in [0.1, 0.15) is 26.2 Å². The first-order valence-corrected chi connectivity index (χ1v) is 4.39. The standard InChI is InChI=1S/C11H16/c1-2-3-5-8-11-9-6-4-7-10-11/h2-3,5-6,8-9,11H,4,7,10H2,1H3/b3-2+,8-5+. The molecule has 1 unspecified atom stereocenters. The van der Waals surface area contributed by atoms with Crippen LogP contribution in [-0.4, -0.2) is 0 Å². The summed E-state index contributed by atoms with van der Waals surface area (Å²) in [5.74, 6) is 0.694. The number of hydrogen-bond donors (Lipinski definition) is 0. The minimum absolute atomic E-state index is 0.694. The van der Waals surface area contributed by atoms with Gasteiger partial charge in [0.1, 0.15) is 0 Å². The molecule has 0 aromatic heterocycles. The van der Waals surface area contributed by atoms with Crippen LogP contribution in [0.3, 0.4) is 0 Å². The average Bonchev–Trinajstić information content (AvgIpc) is 2.07. The Morgan fingerprint density at radius 1 is 1.36 bits per heavy atom. The highest BCUT2D eigenvalue weighted by Gasteiger charge is 2.02. The molecule has 0 aromatic rings. The van der Waals surface area contributed by atoms with E-state index in [4.69, 9.17) is 0 Å². The van der Waals surface area contributed by atoms with Gasteiger partial charge in [0.15, 0.2) is 0 Å². The van der Waals surface area contributed by atoms with E-state index < -0.39 is 0 Å². The van der Waals surface area contributed by atoms with Gasteiger partial charge in [0.25, 0.3) is 0 Å². The molecule has 1 rings (SSSR count). The van der Waals surface area contributed by atoms with Gasteiger partial charge in [-0.3, -0.25) is 0 Å². The maximum absolute atomic E-state index is 2.31. The summed E-state index contributed by atoms with van der Waals surface area (Å²) in [4.78, 5) is 0. The van der Waals surface area contributed by atoms with Gasteiger partial charge >= 0.3 is 0 Å². The summed E-state index contributed by atoms with van der Waals surface area (Å²) in [5.41, 5.74) is 0. The van der Waals surface area contributed by atoms with E-state index in [0.29, 0.717) is 5.92 Å². The fourth-order valence-electron chi connectivity index (χ4n) is 1.32. The van der Waals surface area contributed by atoms with Crippen LogP contribution in [0, 0.1) is 5.92 Å². The lowest BCUT2D eigenvalue weighted by Crippen LogP contribution is -1.95. The van der Waals surface area contributed by atoms with Gasteiger partial charge in [0.2, 0.25) is 0 Å². The fraction of sp³-hybridized carbons (Fsp3) is 0.455. The molecular formula is C11H16. The molecule has 0 heteroatoms. The molecule has 0 aromatic carbocycles. The first-order valence-electron chi connectivity index (χ1n) is 4.39. The summed E-state index contributed by atoms with van der Waals surface area (Å²) >= 11 is 0. The van der Waals surface area contributed by atoms with Crippen molar-refractivity contribution in [3.05, 3.63) is 36.5 Å². The lowest BCUT2D eigenvalue weighted by Gasteiger charge is -2.10. The Morgan fingerprint density at radius 2 is 2.27 bits per heavy atom. The minimum atomic E-state index is 0.694. The number of hydrogen-bond acceptors (Lipinski definition) is 0. The van der Waals surface area contributed by atoms with Crippen LogP contribution < -0.4 is 0 Å². The van der Waals surface area contributed by atoms with Crippen molar-refractivity contribution in [3.63, 3.8) is 0 Å². The monoisotopic (exact) mass is 148 g/mol. The summed E-state index contributed by atoms with van der Waals surface area (Å²) in [5, 5.41) is 0.